The molecule has 1 heterocycles. The largest absolute Gasteiger partial charge is 0.304 e. The Hall–Kier alpha value is -0.780. The van der Waals surface area contributed by atoms with Crippen molar-refractivity contribution < 1.29 is 4.39 Å². The van der Waals surface area contributed by atoms with Crippen LogP contribution in [0.3, 0.4) is 0 Å². The molecule has 21 heavy (non-hydrogen) atoms. The van der Waals surface area contributed by atoms with Crippen molar-refractivity contribution in [2.45, 2.75) is 45.2 Å². The number of benzene rings is 1. The van der Waals surface area contributed by atoms with Crippen LogP contribution >= 0.6 is 27.3 Å². The maximum absolute atomic E-state index is 13.5. The van der Waals surface area contributed by atoms with Crippen molar-refractivity contribution >= 4 is 27.3 Å². The first kappa shape index (κ1) is 15.1. The van der Waals surface area contributed by atoms with Gasteiger partial charge in [0.1, 0.15) is 10.8 Å². The number of fused-ring (bicyclic) bond motifs is 1. The summed E-state index contributed by atoms with van der Waals surface area (Å²) in [6, 6.07) is 5.45. The van der Waals surface area contributed by atoms with E-state index in [0.717, 1.165) is 17.0 Å². The van der Waals surface area contributed by atoms with Crippen molar-refractivity contribution in [3.8, 4) is 0 Å². The Kier molecular flexibility index (Phi) is 4.72. The Balaban J connectivity index is 1.64. The first-order valence-electron chi connectivity index (χ1n) is 7.29. The van der Waals surface area contributed by atoms with E-state index in [1.165, 1.54) is 29.8 Å². The van der Waals surface area contributed by atoms with Crippen LogP contribution in [0, 0.1) is 5.82 Å². The zero-order valence-corrected chi connectivity index (χ0v) is 14.4. The normalized spacial score (nSPS) is 15.8. The monoisotopic (exact) mass is 368 g/mol. The topological polar surface area (TPSA) is 24.9 Å². The van der Waals surface area contributed by atoms with Gasteiger partial charge in [0.25, 0.3) is 0 Å². The van der Waals surface area contributed by atoms with Crippen LogP contribution in [0.5, 0.6) is 0 Å². The van der Waals surface area contributed by atoms with Crippen molar-refractivity contribution in [3.05, 3.63) is 49.6 Å². The molecule has 112 valence electrons. The second-order valence-electron chi connectivity index (χ2n) is 5.48. The summed E-state index contributed by atoms with van der Waals surface area (Å²) in [4.78, 5) is 6.23. The maximum Gasteiger partial charge on any atom is 0.137 e. The molecule has 5 heteroatoms. The van der Waals surface area contributed by atoms with Crippen LogP contribution in [0.1, 0.15) is 46.9 Å². The van der Waals surface area contributed by atoms with Gasteiger partial charge < -0.3 is 5.32 Å². The van der Waals surface area contributed by atoms with E-state index in [-0.39, 0.29) is 11.9 Å². The minimum absolute atomic E-state index is 0.201. The fourth-order valence-electron chi connectivity index (χ4n) is 2.57. The molecule has 0 radical (unpaired) electrons. The molecule has 0 aliphatic heterocycles. The molecule has 0 saturated carbocycles. The summed E-state index contributed by atoms with van der Waals surface area (Å²) in [5.41, 5.74) is 2.24. The molecular weight excluding hydrogens is 351 g/mol. The molecule has 1 aliphatic rings. The summed E-state index contributed by atoms with van der Waals surface area (Å²) in [6.07, 6.45) is 4.85. The molecule has 0 unspecified atom stereocenters. The predicted octanol–water partition coefficient (Wildman–Crippen LogP) is 4.77. The standard InChI is InChI=1S/C16H18BrFN2S/c1-10(16-20-14-4-2-3-5-15(14)21-16)19-9-11-6-7-12(17)13(18)8-11/h6-8,10,19H,2-5,9H2,1H3/t10-/m0/s1. The maximum atomic E-state index is 13.5. The van der Waals surface area contributed by atoms with Crippen molar-refractivity contribution in [3.63, 3.8) is 0 Å². The number of hydrogen-bond acceptors (Lipinski definition) is 3. The highest BCUT2D eigenvalue weighted by Gasteiger charge is 2.18. The lowest BCUT2D eigenvalue weighted by atomic mass is 10.0. The van der Waals surface area contributed by atoms with Crippen molar-refractivity contribution in [1.29, 1.82) is 0 Å². The number of hydrogen-bond donors (Lipinski definition) is 1. The number of nitrogens with zero attached hydrogens (tertiary/aromatic N) is 1. The molecule has 0 bridgehead atoms. The lowest BCUT2D eigenvalue weighted by Gasteiger charge is -2.11. The molecule has 1 aromatic carbocycles. The quantitative estimate of drug-likeness (QED) is 0.840. The van der Waals surface area contributed by atoms with Gasteiger partial charge in [0, 0.05) is 11.4 Å². The third-order valence-corrected chi connectivity index (χ3v) is 5.81. The van der Waals surface area contributed by atoms with Gasteiger partial charge in [0.15, 0.2) is 0 Å². The number of aryl methyl sites for hydroxylation is 2. The van der Waals surface area contributed by atoms with Crippen LogP contribution in [-0.4, -0.2) is 4.98 Å². The number of nitrogens with one attached hydrogen (secondary N) is 1. The third-order valence-electron chi connectivity index (χ3n) is 3.83. The van der Waals surface area contributed by atoms with Crippen molar-refractivity contribution in [1.82, 2.24) is 10.3 Å². The smallest absolute Gasteiger partial charge is 0.137 e. The molecule has 1 N–H and O–H groups in total. The number of rotatable bonds is 4. The highest BCUT2D eigenvalue weighted by Crippen LogP contribution is 2.29. The van der Waals surface area contributed by atoms with E-state index in [2.05, 4.69) is 28.2 Å². The minimum Gasteiger partial charge on any atom is -0.304 e. The highest BCUT2D eigenvalue weighted by atomic mass is 79.9. The summed E-state index contributed by atoms with van der Waals surface area (Å²) >= 11 is 5.00. The van der Waals surface area contributed by atoms with Crippen LogP contribution < -0.4 is 5.32 Å². The zero-order chi connectivity index (χ0) is 14.8. The Morgan fingerprint density at radius 2 is 2.19 bits per heavy atom. The van der Waals surface area contributed by atoms with Gasteiger partial charge in [0.05, 0.1) is 16.2 Å². The van der Waals surface area contributed by atoms with Gasteiger partial charge in [-0.05, 0) is 66.2 Å². The van der Waals surface area contributed by atoms with E-state index in [1.807, 2.05) is 17.4 Å². The second-order valence-corrected chi connectivity index (χ2v) is 7.45. The summed E-state index contributed by atoms with van der Waals surface area (Å²) < 4.78 is 14.0. The molecule has 0 fully saturated rings. The molecule has 2 aromatic rings. The molecule has 1 aliphatic carbocycles. The number of thiazole rings is 1. The van der Waals surface area contributed by atoms with E-state index in [4.69, 9.17) is 4.98 Å². The van der Waals surface area contributed by atoms with Crippen LogP contribution in [-0.2, 0) is 19.4 Å². The van der Waals surface area contributed by atoms with Gasteiger partial charge in [-0.1, -0.05) is 6.07 Å². The van der Waals surface area contributed by atoms with Gasteiger partial charge in [-0.2, -0.15) is 0 Å². The first-order valence-corrected chi connectivity index (χ1v) is 8.90. The minimum atomic E-state index is -0.216. The molecule has 1 atom stereocenters. The highest BCUT2D eigenvalue weighted by molar-refractivity contribution is 9.10. The van der Waals surface area contributed by atoms with Gasteiger partial charge in [-0.15, -0.1) is 11.3 Å². The Morgan fingerprint density at radius 1 is 1.38 bits per heavy atom. The fourth-order valence-corrected chi connectivity index (χ4v) is 3.99. The van der Waals surface area contributed by atoms with Crippen LogP contribution in [0.25, 0.3) is 0 Å². The van der Waals surface area contributed by atoms with Gasteiger partial charge in [-0.3, -0.25) is 0 Å². The molecule has 0 saturated heterocycles. The number of aromatic nitrogens is 1. The van der Waals surface area contributed by atoms with E-state index in [1.54, 1.807) is 12.1 Å². The van der Waals surface area contributed by atoms with Gasteiger partial charge in [-0.25, -0.2) is 9.37 Å². The Labute approximate surface area is 136 Å². The van der Waals surface area contributed by atoms with Gasteiger partial charge in [0.2, 0.25) is 0 Å². The Bertz CT molecular complexity index is 618. The SMILES string of the molecule is C[C@H](NCc1ccc(Br)c(F)c1)c1nc2c(s1)CCCC2. The van der Waals surface area contributed by atoms with E-state index >= 15 is 0 Å². The fraction of sp³-hybridized carbons (Fsp3) is 0.438. The third kappa shape index (κ3) is 3.52. The summed E-state index contributed by atoms with van der Waals surface area (Å²) in [6.45, 7) is 2.77. The van der Waals surface area contributed by atoms with Crippen molar-refractivity contribution in [2.24, 2.45) is 0 Å². The first-order chi connectivity index (χ1) is 10.1. The van der Waals surface area contributed by atoms with E-state index in [9.17, 15) is 4.39 Å². The number of halogens is 2. The molecule has 0 spiro atoms. The predicted molar refractivity (Wildman–Crippen MR) is 88.1 cm³/mol. The average molecular weight is 369 g/mol. The molecule has 2 nitrogen and oxygen atoms in total. The lowest BCUT2D eigenvalue weighted by molar-refractivity contribution is 0.563. The summed E-state index contributed by atoms with van der Waals surface area (Å²) in [5.74, 6) is -0.216. The van der Waals surface area contributed by atoms with Crippen LogP contribution in [0.4, 0.5) is 4.39 Å². The average Bonchev–Trinajstić information content (AvgIpc) is 2.92. The molecule has 3 rings (SSSR count). The zero-order valence-electron chi connectivity index (χ0n) is 12.0. The van der Waals surface area contributed by atoms with Gasteiger partial charge >= 0.3 is 0 Å². The molecule has 1 aromatic heterocycles. The summed E-state index contributed by atoms with van der Waals surface area (Å²) in [5, 5.41) is 4.59. The Morgan fingerprint density at radius 3 is 2.95 bits per heavy atom. The second kappa shape index (κ2) is 6.55. The van der Waals surface area contributed by atoms with E-state index < -0.39 is 0 Å². The van der Waals surface area contributed by atoms with Crippen LogP contribution in [0.2, 0.25) is 0 Å². The van der Waals surface area contributed by atoms with Crippen LogP contribution in [0.15, 0.2) is 22.7 Å². The van der Waals surface area contributed by atoms with E-state index in [0.29, 0.717) is 11.0 Å². The lowest BCUT2D eigenvalue weighted by Crippen LogP contribution is -2.18. The molecular formula is C16H18BrFN2S. The molecule has 0 amide bonds. The summed E-state index contributed by atoms with van der Waals surface area (Å²) in [7, 11) is 0. The van der Waals surface area contributed by atoms with Crippen molar-refractivity contribution in [2.75, 3.05) is 0 Å².